The van der Waals surface area contributed by atoms with E-state index in [9.17, 15) is 4.79 Å². The number of terminal acetylenes is 1. The molecular formula is C21H24O. The minimum Gasteiger partial charge on any atom is -0.295 e. The minimum atomic E-state index is 0.0922. The lowest BCUT2D eigenvalue weighted by molar-refractivity contribution is -0.115. The van der Waals surface area contributed by atoms with Gasteiger partial charge in [0.15, 0.2) is 5.78 Å². The molecule has 4 aliphatic rings. The van der Waals surface area contributed by atoms with E-state index in [0.29, 0.717) is 30.1 Å². The van der Waals surface area contributed by atoms with Crippen LogP contribution in [0.25, 0.3) is 0 Å². The summed E-state index contributed by atoms with van der Waals surface area (Å²) in [4.78, 5) is 11.8. The Kier molecular flexibility index (Phi) is 3.02. The van der Waals surface area contributed by atoms with Gasteiger partial charge in [0.05, 0.1) is 0 Å². The number of fused-ring (bicyclic) bond motifs is 5. The SMILES string of the molecule is C#CC1=CCC2C3CC=C4CC(=O)C=C[C@]4(C)C3C[C@@H](C)C12. The van der Waals surface area contributed by atoms with Gasteiger partial charge in [-0.25, -0.2) is 0 Å². The minimum absolute atomic E-state index is 0.0922. The first-order valence-electron chi connectivity index (χ1n) is 8.63. The van der Waals surface area contributed by atoms with E-state index >= 15 is 0 Å². The molecule has 6 atom stereocenters. The Morgan fingerprint density at radius 3 is 2.82 bits per heavy atom. The zero-order valence-corrected chi connectivity index (χ0v) is 13.5. The largest absolute Gasteiger partial charge is 0.295 e. The number of carbonyl (C=O) groups is 1. The van der Waals surface area contributed by atoms with Crippen molar-refractivity contribution in [3.63, 3.8) is 0 Å². The molecule has 0 N–H and O–H groups in total. The van der Waals surface area contributed by atoms with Crippen molar-refractivity contribution in [1.29, 1.82) is 0 Å². The normalized spacial score (nSPS) is 46.0. The lowest BCUT2D eigenvalue weighted by Crippen LogP contribution is -2.47. The summed E-state index contributed by atoms with van der Waals surface area (Å²) < 4.78 is 0. The van der Waals surface area contributed by atoms with Crippen molar-refractivity contribution in [1.82, 2.24) is 0 Å². The van der Waals surface area contributed by atoms with Crippen molar-refractivity contribution < 1.29 is 4.79 Å². The zero-order chi connectivity index (χ0) is 15.5. The van der Waals surface area contributed by atoms with E-state index in [0.717, 1.165) is 18.8 Å². The highest BCUT2D eigenvalue weighted by Gasteiger charge is 2.53. The molecule has 0 heterocycles. The maximum Gasteiger partial charge on any atom is 0.159 e. The number of hydrogen-bond acceptors (Lipinski definition) is 1. The van der Waals surface area contributed by atoms with Gasteiger partial charge in [0.25, 0.3) is 0 Å². The van der Waals surface area contributed by atoms with Gasteiger partial charge in [-0.15, -0.1) is 6.42 Å². The monoisotopic (exact) mass is 292 g/mol. The average molecular weight is 292 g/mol. The van der Waals surface area contributed by atoms with Gasteiger partial charge in [-0.2, -0.15) is 0 Å². The summed E-state index contributed by atoms with van der Waals surface area (Å²) in [5.41, 5.74) is 2.72. The maximum absolute atomic E-state index is 11.8. The molecule has 0 amide bonds. The third-order valence-electron chi connectivity index (χ3n) is 6.98. The van der Waals surface area contributed by atoms with Crippen LogP contribution in [-0.4, -0.2) is 5.78 Å². The molecule has 1 fully saturated rings. The molecule has 0 spiro atoms. The predicted octanol–water partition coefficient (Wildman–Crippen LogP) is 4.32. The van der Waals surface area contributed by atoms with E-state index in [1.165, 1.54) is 17.6 Å². The molecule has 0 aromatic carbocycles. The summed E-state index contributed by atoms with van der Waals surface area (Å²) in [6.45, 7) is 4.74. The van der Waals surface area contributed by atoms with E-state index in [2.05, 4.69) is 38.0 Å². The first-order valence-corrected chi connectivity index (χ1v) is 8.63. The zero-order valence-electron chi connectivity index (χ0n) is 13.5. The van der Waals surface area contributed by atoms with Crippen LogP contribution >= 0.6 is 0 Å². The lowest BCUT2D eigenvalue weighted by Gasteiger charge is -2.54. The van der Waals surface area contributed by atoms with E-state index in [4.69, 9.17) is 6.42 Å². The molecule has 4 aliphatic carbocycles. The quantitative estimate of drug-likeness (QED) is 0.480. The number of hydrogen-bond donors (Lipinski definition) is 0. The Balaban J connectivity index is 1.73. The fourth-order valence-corrected chi connectivity index (χ4v) is 5.89. The Labute approximate surface area is 133 Å². The third kappa shape index (κ3) is 1.76. The van der Waals surface area contributed by atoms with Gasteiger partial charge in [0, 0.05) is 17.4 Å². The van der Waals surface area contributed by atoms with Gasteiger partial charge in [0.1, 0.15) is 0 Å². The van der Waals surface area contributed by atoms with Gasteiger partial charge >= 0.3 is 0 Å². The van der Waals surface area contributed by atoms with E-state index in [1.807, 2.05) is 6.08 Å². The standard InChI is InChI=1S/C21H24O/c1-4-14-5-7-18-17-8-6-15-12-16(22)9-10-21(15,3)19(17)11-13(2)20(14)18/h1,5-6,9-10,13,17-20H,7-8,11-12H2,2-3H3/t13-,17?,18?,19?,20?,21+/m1/s1. The Morgan fingerprint density at radius 1 is 1.27 bits per heavy atom. The molecule has 4 rings (SSSR count). The molecule has 4 unspecified atom stereocenters. The summed E-state index contributed by atoms with van der Waals surface area (Å²) in [5.74, 6) is 6.55. The van der Waals surface area contributed by atoms with Crippen LogP contribution in [0.15, 0.2) is 35.5 Å². The fraction of sp³-hybridized carbons (Fsp3) is 0.571. The van der Waals surface area contributed by atoms with Gasteiger partial charge in [0.2, 0.25) is 0 Å². The molecule has 0 aliphatic heterocycles. The lowest BCUT2D eigenvalue weighted by atomic mass is 9.50. The maximum atomic E-state index is 11.8. The molecule has 1 saturated carbocycles. The molecule has 22 heavy (non-hydrogen) atoms. The van der Waals surface area contributed by atoms with Gasteiger partial charge in [-0.05, 0) is 54.9 Å². The highest BCUT2D eigenvalue weighted by Crippen LogP contribution is 2.60. The topological polar surface area (TPSA) is 17.1 Å². The van der Waals surface area contributed by atoms with Crippen LogP contribution in [-0.2, 0) is 4.79 Å². The van der Waals surface area contributed by atoms with Crippen LogP contribution in [0, 0.1) is 47.3 Å². The Morgan fingerprint density at radius 2 is 2.05 bits per heavy atom. The average Bonchev–Trinajstić information content (AvgIpc) is 2.94. The van der Waals surface area contributed by atoms with Gasteiger partial charge < -0.3 is 0 Å². The van der Waals surface area contributed by atoms with Crippen molar-refractivity contribution in [3.05, 3.63) is 35.5 Å². The smallest absolute Gasteiger partial charge is 0.159 e. The first kappa shape index (κ1) is 14.1. The predicted molar refractivity (Wildman–Crippen MR) is 88.8 cm³/mol. The molecule has 0 aromatic rings. The second-order valence-corrected chi connectivity index (χ2v) is 7.94. The Bertz CT molecular complexity index is 656. The molecule has 1 nitrogen and oxygen atoms in total. The van der Waals surface area contributed by atoms with Crippen LogP contribution in [0.1, 0.15) is 39.5 Å². The first-order chi connectivity index (χ1) is 10.5. The fourth-order valence-electron chi connectivity index (χ4n) is 5.89. The molecular weight excluding hydrogens is 268 g/mol. The van der Waals surface area contributed by atoms with Crippen LogP contribution < -0.4 is 0 Å². The summed E-state index contributed by atoms with van der Waals surface area (Å²) in [5, 5.41) is 0. The van der Waals surface area contributed by atoms with Crippen LogP contribution in [0.3, 0.4) is 0 Å². The number of carbonyl (C=O) groups excluding carboxylic acids is 1. The van der Waals surface area contributed by atoms with Crippen molar-refractivity contribution in [2.75, 3.05) is 0 Å². The van der Waals surface area contributed by atoms with E-state index in [-0.39, 0.29) is 11.2 Å². The number of rotatable bonds is 0. The summed E-state index contributed by atoms with van der Waals surface area (Å²) in [6, 6.07) is 0. The third-order valence-corrected chi connectivity index (χ3v) is 6.98. The summed E-state index contributed by atoms with van der Waals surface area (Å²) >= 11 is 0. The van der Waals surface area contributed by atoms with Crippen molar-refractivity contribution in [3.8, 4) is 12.3 Å². The molecule has 1 heteroatoms. The highest BCUT2D eigenvalue weighted by atomic mass is 16.1. The van der Waals surface area contributed by atoms with Crippen LogP contribution in [0.4, 0.5) is 0 Å². The highest BCUT2D eigenvalue weighted by molar-refractivity contribution is 5.93. The second-order valence-electron chi connectivity index (χ2n) is 7.94. The number of allylic oxidation sites excluding steroid dienone is 6. The van der Waals surface area contributed by atoms with Crippen molar-refractivity contribution in [2.45, 2.75) is 39.5 Å². The second kappa shape index (κ2) is 4.72. The molecule has 0 radical (unpaired) electrons. The van der Waals surface area contributed by atoms with E-state index in [1.54, 1.807) is 0 Å². The summed E-state index contributed by atoms with van der Waals surface area (Å²) in [6.07, 6.45) is 18.6. The van der Waals surface area contributed by atoms with Gasteiger partial charge in [-0.1, -0.05) is 43.6 Å². The summed E-state index contributed by atoms with van der Waals surface area (Å²) in [7, 11) is 0. The molecule has 0 aromatic heterocycles. The molecule has 114 valence electrons. The molecule has 0 saturated heterocycles. The molecule has 0 bridgehead atoms. The van der Waals surface area contributed by atoms with Crippen LogP contribution in [0.2, 0.25) is 0 Å². The van der Waals surface area contributed by atoms with Crippen LogP contribution in [0.5, 0.6) is 0 Å². The van der Waals surface area contributed by atoms with Crippen molar-refractivity contribution in [2.24, 2.45) is 35.0 Å². The Hall–Kier alpha value is -1.55. The number of ketones is 1. The van der Waals surface area contributed by atoms with Gasteiger partial charge in [-0.3, -0.25) is 4.79 Å². The van der Waals surface area contributed by atoms with Crippen molar-refractivity contribution >= 4 is 5.78 Å². The van der Waals surface area contributed by atoms with E-state index < -0.39 is 0 Å².